The number of nitrogens with zero attached hydrogens (tertiary/aromatic N) is 3. The summed E-state index contributed by atoms with van der Waals surface area (Å²) in [5.41, 5.74) is 1.65. The maximum atomic E-state index is 13.6. The van der Waals surface area contributed by atoms with Crippen LogP contribution in [0.1, 0.15) is 19.5 Å². The standard InChI is InChI=1S/C22H26FN3O10P2.C2H6/c1-25(22-21(30)20(29)18(35-22)12-34-38(33)36-37(31)32)8-6-19(28)26(13-27)11-17-10-15(5-7-24-17)14-3-2-4-16(23)9-14;1-2/h2-10,13,18,20-22,29-33H,11-12H2,1H3;1-2H3/b8-6-;. The molecule has 2 heterocycles. The predicted molar refractivity (Wildman–Crippen MR) is 143 cm³/mol. The smallest absolute Gasteiger partial charge is 0.337 e. The van der Waals surface area contributed by atoms with Crippen LogP contribution in [0, 0.1) is 5.82 Å². The number of imide groups is 1. The topological polar surface area (TPSA) is 182 Å². The Morgan fingerprint density at radius 1 is 1.15 bits per heavy atom. The number of hydrogen-bond acceptors (Lipinski definition) is 12. The molecular weight excluding hydrogens is 571 g/mol. The zero-order valence-electron chi connectivity index (χ0n) is 21.9. The molecule has 2 amide bonds. The summed E-state index contributed by atoms with van der Waals surface area (Å²) in [4.78, 5) is 57.4. The highest BCUT2D eigenvalue weighted by atomic mass is 31.2. The third kappa shape index (κ3) is 9.86. The van der Waals surface area contributed by atoms with Crippen molar-refractivity contribution in [1.82, 2.24) is 14.8 Å². The summed E-state index contributed by atoms with van der Waals surface area (Å²) in [6, 6.07) is 9.25. The van der Waals surface area contributed by atoms with Gasteiger partial charge >= 0.3 is 17.2 Å². The van der Waals surface area contributed by atoms with Crippen molar-refractivity contribution in [3.63, 3.8) is 0 Å². The van der Waals surface area contributed by atoms with Gasteiger partial charge in [0.15, 0.2) is 6.23 Å². The highest BCUT2D eigenvalue weighted by Gasteiger charge is 2.44. The molecular formula is C24H32FN3O10P2. The van der Waals surface area contributed by atoms with Gasteiger partial charge in [-0.25, -0.2) is 8.70 Å². The highest BCUT2D eigenvalue weighted by Crippen LogP contribution is 2.46. The fourth-order valence-electron chi connectivity index (χ4n) is 3.54. The molecule has 0 spiro atoms. The van der Waals surface area contributed by atoms with Crippen molar-refractivity contribution >= 4 is 29.5 Å². The Morgan fingerprint density at radius 3 is 2.50 bits per heavy atom. The van der Waals surface area contributed by atoms with E-state index < -0.39 is 60.1 Å². The number of halogens is 1. The summed E-state index contributed by atoms with van der Waals surface area (Å²) in [5.74, 6) is -1.11. The molecule has 5 N–H and O–H groups in total. The minimum absolute atomic E-state index is 0.156. The van der Waals surface area contributed by atoms with Crippen molar-refractivity contribution in [2.75, 3.05) is 13.7 Å². The maximum Gasteiger partial charge on any atom is 0.337 e. The summed E-state index contributed by atoms with van der Waals surface area (Å²) < 4.78 is 28.2. The monoisotopic (exact) mass is 603 g/mol. The number of carbonyl (C=O) groups excluding carboxylic acids is 2. The summed E-state index contributed by atoms with van der Waals surface area (Å²) in [5, 5.41) is 20.5. The van der Waals surface area contributed by atoms with E-state index in [1.54, 1.807) is 24.3 Å². The van der Waals surface area contributed by atoms with E-state index in [4.69, 9.17) is 19.0 Å². The van der Waals surface area contributed by atoms with E-state index in [2.05, 4.69) is 9.29 Å². The average Bonchev–Trinajstić information content (AvgIpc) is 3.23. The highest BCUT2D eigenvalue weighted by molar-refractivity contribution is 7.54. The maximum absolute atomic E-state index is 13.6. The first-order valence-corrected chi connectivity index (χ1v) is 14.2. The van der Waals surface area contributed by atoms with Gasteiger partial charge in [-0.05, 0) is 35.4 Å². The van der Waals surface area contributed by atoms with E-state index in [9.17, 15) is 29.1 Å². The fraction of sp³-hybridized carbons (Fsp3) is 0.375. The molecule has 0 saturated carbocycles. The molecule has 0 radical (unpaired) electrons. The molecule has 1 aliphatic heterocycles. The van der Waals surface area contributed by atoms with Gasteiger partial charge in [-0.3, -0.25) is 19.5 Å². The second-order valence-corrected chi connectivity index (χ2v) is 9.91. The van der Waals surface area contributed by atoms with Gasteiger partial charge in [0.1, 0.15) is 24.1 Å². The summed E-state index contributed by atoms with van der Waals surface area (Å²) in [6.07, 6.45) is -0.956. The Labute approximate surface area is 233 Å². The van der Waals surface area contributed by atoms with Crippen molar-refractivity contribution in [1.29, 1.82) is 0 Å². The van der Waals surface area contributed by atoms with Crippen LogP contribution in [0.3, 0.4) is 0 Å². The van der Waals surface area contributed by atoms with E-state index >= 15 is 0 Å². The Kier molecular flexibility index (Phi) is 14.1. The second-order valence-electron chi connectivity index (χ2n) is 8.01. The third-order valence-corrected chi connectivity index (χ3v) is 6.91. The van der Waals surface area contributed by atoms with E-state index in [-0.39, 0.29) is 6.54 Å². The van der Waals surface area contributed by atoms with Crippen LogP contribution in [0.5, 0.6) is 0 Å². The van der Waals surface area contributed by atoms with Gasteiger partial charge in [0.05, 0.1) is 18.8 Å². The molecule has 13 nitrogen and oxygen atoms in total. The molecule has 1 saturated heterocycles. The number of rotatable bonds is 12. The lowest BCUT2D eigenvalue weighted by Crippen LogP contribution is -2.40. The van der Waals surface area contributed by atoms with Crippen LogP contribution < -0.4 is 0 Å². The van der Waals surface area contributed by atoms with Crippen molar-refractivity contribution in [2.24, 2.45) is 0 Å². The van der Waals surface area contributed by atoms with E-state index in [0.29, 0.717) is 23.2 Å². The van der Waals surface area contributed by atoms with Gasteiger partial charge in [-0.15, -0.1) is 0 Å². The average molecular weight is 603 g/mol. The number of ether oxygens (including phenoxy) is 1. The van der Waals surface area contributed by atoms with Gasteiger partial charge in [-0.1, -0.05) is 26.0 Å². The third-order valence-electron chi connectivity index (χ3n) is 5.40. The summed E-state index contributed by atoms with van der Waals surface area (Å²) >= 11 is 0. The zero-order chi connectivity index (χ0) is 29.8. The van der Waals surface area contributed by atoms with Gasteiger partial charge in [0.2, 0.25) is 6.41 Å². The van der Waals surface area contributed by atoms with Crippen LogP contribution in [0.15, 0.2) is 54.9 Å². The molecule has 40 heavy (non-hydrogen) atoms. The molecule has 2 aromatic rings. The van der Waals surface area contributed by atoms with Gasteiger partial charge < -0.3 is 39.1 Å². The van der Waals surface area contributed by atoms with Crippen LogP contribution in [-0.4, -0.2) is 90.2 Å². The van der Waals surface area contributed by atoms with Crippen LogP contribution >= 0.6 is 17.2 Å². The first-order chi connectivity index (χ1) is 19.1. The summed E-state index contributed by atoms with van der Waals surface area (Å²) in [7, 11) is -4.03. The molecule has 1 aromatic heterocycles. The Balaban J connectivity index is 0.00000274. The number of likely N-dealkylation sites (N-methyl/N-ethyl adjacent to an activating group) is 1. The number of aromatic nitrogens is 1. The van der Waals surface area contributed by atoms with Crippen LogP contribution in [0.2, 0.25) is 0 Å². The molecule has 0 aliphatic carbocycles. The zero-order valence-corrected chi connectivity index (χ0v) is 23.7. The fourth-order valence-corrected chi connectivity index (χ4v) is 4.51. The normalized spacial score (nSPS) is 21.1. The van der Waals surface area contributed by atoms with Crippen molar-refractivity contribution in [3.05, 3.63) is 66.4 Å². The number of pyridine rings is 1. The van der Waals surface area contributed by atoms with Gasteiger partial charge in [-0.2, -0.15) is 0 Å². The Morgan fingerprint density at radius 2 is 1.85 bits per heavy atom. The molecule has 220 valence electrons. The van der Waals surface area contributed by atoms with Crippen molar-refractivity contribution < 1.29 is 52.4 Å². The molecule has 5 unspecified atom stereocenters. The molecule has 0 bridgehead atoms. The predicted octanol–water partition coefficient (Wildman–Crippen LogP) is 1.75. The number of benzene rings is 1. The lowest BCUT2D eigenvalue weighted by molar-refractivity contribution is -0.135. The lowest BCUT2D eigenvalue weighted by atomic mass is 10.1. The van der Waals surface area contributed by atoms with E-state index in [1.165, 1.54) is 36.5 Å². The first kappa shape index (κ1) is 33.7. The Bertz CT molecular complexity index is 1130. The molecule has 3 rings (SSSR count). The van der Waals surface area contributed by atoms with Crippen molar-refractivity contribution in [2.45, 2.75) is 44.9 Å². The minimum atomic E-state index is -2.85. The largest absolute Gasteiger partial charge is 0.387 e. The number of aliphatic hydroxyl groups is 2. The van der Waals surface area contributed by atoms with Crippen LogP contribution in [0.4, 0.5) is 4.39 Å². The second kappa shape index (κ2) is 16.7. The van der Waals surface area contributed by atoms with Gasteiger partial charge in [0.25, 0.3) is 5.91 Å². The Hall–Kier alpha value is -2.48. The number of aliphatic hydroxyl groups excluding tert-OH is 2. The number of hydrogen-bond donors (Lipinski definition) is 5. The summed E-state index contributed by atoms with van der Waals surface area (Å²) in [6.45, 7) is 3.41. The molecule has 16 heteroatoms. The van der Waals surface area contributed by atoms with Gasteiger partial charge in [0, 0.05) is 25.5 Å². The first-order valence-electron chi connectivity index (χ1n) is 12.0. The molecule has 1 aromatic carbocycles. The molecule has 5 atom stereocenters. The van der Waals surface area contributed by atoms with Crippen LogP contribution in [-0.2, 0) is 29.7 Å². The van der Waals surface area contributed by atoms with E-state index in [1.807, 2.05) is 13.8 Å². The van der Waals surface area contributed by atoms with Crippen LogP contribution in [0.25, 0.3) is 11.1 Å². The minimum Gasteiger partial charge on any atom is -0.387 e. The molecule has 1 aliphatic rings. The molecule has 1 fully saturated rings. The SMILES string of the molecule is CC.CN(/C=C\C(=O)N(C=O)Cc1cc(-c2cccc(F)c2)ccn1)C1OC(COP(O)OP(O)O)C(O)C1O. The quantitative estimate of drug-likeness (QED) is 0.135. The number of amides is 2. The lowest BCUT2D eigenvalue weighted by Gasteiger charge is -2.25. The van der Waals surface area contributed by atoms with E-state index in [0.717, 1.165) is 11.0 Å². The number of carbonyl (C=O) groups is 2. The van der Waals surface area contributed by atoms with Crippen molar-refractivity contribution in [3.8, 4) is 11.1 Å².